The number of nitrogens with one attached hydrogen (secondary N) is 1. The second-order valence-electron chi connectivity index (χ2n) is 5.08. The van der Waals surface area contributed by atoms with Crippen LogP contribution in [0.1, 0.15) is 24.3 Å². The lowest BCUT2D eigenvalue weighted by Gasteiger charge is -2.15. The summed E-state index contributed by atoms with van der Waals surface area (Å²) in [6.07, 6.45) is -0.186. The highest BCUT2D eigenvalue weighted by Crippen LogP contribution is 2.25. The monoisotopic (exact) mass is 427 g/mol. The molecule has 0 aliphatic carbocycles. The van der Waals surface area contributed by atoms with Gasteiger partial charge in [-0.3, -0.25) is 9.59 Å². The number of aliphatic carboxylic acids is 1. The van der Waals surface area contributed by atoms with Crippen molar-refractivity contribution in [3.05, 3.63) is 63.5 Å². The first-order chi connectivity index (χ1) is 11.0. The summed E-state index contributed by atoms with van der Waals surface area (Å²) in [6, 6.07) is 13.5. The first-order valence-electron chi connectivity index (χ1n) is 6.97. The second kappa shape index (κ2) is 8.05. The minimum Gasteiger partial charge on any atom is -0.481 e. The number of benzene rings is 2. The number of carboxylic acid groups (broad SMARTS) is 1. The molecule has 2 N–H and O–H groups in total. The Kier molecular flexibility index (Phi) is 6.09. The zero-order valence-electron chi connectivity index (χ0n) is 12.1. The minimum atomic E-state index is -0.980. The summed E-state index contributed by atoms with van der Waals surface area (Å²) in [5.74, 6) is -2.37. The number of carboxylic acids is 1. The number of anilines is 1. The Morgan fingerprint density at radius 1 is 1.13 bits per heavy atom. The normalized spacial score (nSPS) is 11.7. The van der Waals surface area contributed by atoms with Gasteiger partial charge in [0.05, 0.1) is 12.1 Å². The van der Waals surface area contributed by atoms with Crippen LogP contribution in [-0.2, 0) is 9.59 Å². The van der Waals surface area contributed by atoms with Crippen molar-refractivity contribution in [2.75, 3.05) is 5.32 Å². The van der Waals surface area contributed by atoms with Crippen LogP contribution in [0.2, 0.25) is 0 Å². The van der Waals surface area contributed by atoms with Gasteiger partial charge in [-0.15, -0.1) is 0 Å². The average molecular weight is 427 g/mol. The standard InChI is InChI=1S/C17H15FINO3/c18-14-10-13(19)6-7-15(14)20-16(21)8-12(9-17(22)23)11-4-2-1-3-5-11/h1-7,10,12H,8-9H2,(H,20,21)(H,22,23)/t12-/m0/s1. The molecule has 0 aliphatic rings. The molecular weight excluding hydrogens is 412 g/mol. The number of carbonyl (C=O) groups is 2. The third-order valence-corrected chi connectivity index (χ3v) is 4.00. The van der Waals surface area contributed by atoms with Crippen molar-refractivity contribution in [1.29, 1.82) is 0 Å². The fourth-order valence-electron chi connectivity index (χ4n) is 2.26. The smallest absolute Gasteiger partial charge is 0.303 e. The lowest BCUT2D eigenvalue weighted by molar-refractivity contribution is -0.137. The second-order valence-corrected chi connectivity index (χ2v) is 6.33. The van der Waals surface area contributed by atoms with Gasteiger partial charge in [-0.05, 0) is 46.4 Å². The molecule has 120 valence electrons. The maximum Gasteiger partial charge on any atom is 0.303 e. The minimum absolute atomic E-state index is 0.0261. The van der Waals surface area contributed by atoms with E-state index in [2.05, 4.69) is 5.32 Å². The van der Waals surface area contributed by atoms with Gasteiger partial charge in [-0.1, -0.05) is 30.3 Å². The Bertz CT molecular complexity index is 706. The molecule has 0 fully saturated rings. The van der Waals surface area contributed by atoms with Crippen LogP contribution in [0.3, 0.4) is 0 Å². The number of carbonyl (C=O) groups excluding carboxylic acids is 1. The van der Waals surface area contributed by atoms with Gasteiger partial charge in [0.15, 0.2) is 0 Å². The molecule has 2 aromatic rings. The first kappa shape index (κ1) is 17.4. The van der Waals surface area contributed by atoms with E-state index in [0.29, 0.717) is 0 Å². The molecule has 0 spiro atoms. The molecule has 0 saturated carbocycles. The molecule has 0 unspecified atom stereocenters. The van der Waals surface area contributed by atoms with Crippen molar-refractivity contribution in [3.63, 3.8) is 0 Å². The predicted molar refractivity (Wildman–Crippen MR) is 93.8 cm³/mol. The van der Waals surface area contributed by atoms with Crippen molar-refractivity contribution in [3.8, 4) is 0 Å². The van der Waals surface area contributed by atoms with Gasteiger partial charge in [0.2, 0.25) is 5.91 Å². The molecule has 2 rings (SSSR count). The quantitative estimate of drug-likeness (QED) is 0.685. The van der Waals surface area contributed by atoms with E-state index in [-0.39, 0.29) is 18.5 Å². The number of hydrogen-bond acceptors (Lipinski definition) is 2. The molecule has 4 nitrogen and oxygen atoms in total. The molecule has 6 heteroatoms. The number of amides is 1. The summed E-state index contributed by atoms with van der Waals surface area (Å²) in [5.41, 5.74) is 0.866. The van der Waals surface area contributed by atoms with Gasteiger partial charge in [-0.25, -0.2) is 4.39 Å². The highest BCUT2D eigenvalue weighted by atomic mass is 127. The van der Waals surface area contributed by atoms with Crippen molar-refractivity contribution < 1.29 is 19.1 Å². The highest BCUT2D eigenvalue weighted by molar-refractivity contribution is 14.1. The van der Waals surface area contributed by atoms with Crippen LogP contribution in [0.4, 0.5) is 10.1 Å². The third-order valence-electron chi connectivity index (χ3n) is 3.33. The topological polar surface area (TPSA) is 66.4 Å². The predicted octanol–water partition coefficient (Wildman–Crippen LogP) is 4.02. The SMILES string of the molecule is O=C(O)C[C@H](CC(=O)Nc1ccc(I)cc1F)c1ccccc1. The fraction of sp³-hybridized carbons (Fsp3) is 0.176. The van der Waals surface area contributed by atoms with Crippen LogP contribution in [-0.4, -0.2) is 17.0 Å². The lowest BCUT2D eigenvalue weighted by atomic mass is 9.92. The van der Waals surface area contributed by atoms with E-state index in [1.54, 1.807) is 30.3 Å². The maximum atomic E-state index is 13.8. The third kappa shape index (κ3) is 5.31. The largest absolute Gasteiger partial charge is 0.481 e. The van der Waals surface area contributed by atoms with Gasteiger partial charge < -0.3 is 10.4 Å². The van der Waals surface area contributed by atoms with E-state index in [4.69, 9.17) is 5.11 Å². The fourth-order valence-corrected chi connectivity index (χ4v) is 2.71. The molecule has 0 saturated heterocycles. The highest BCUT2D eigenvalue weighted by Gasteiger charge is 2.20. The van der Waals surface area contributed by atoms with Crippen LogP contribution in [0, 0.1) is 9.39 Å². The van der Waals surface area contributed by atoms with Gasteiger partial charge in [-0.2, -0.15) is 0 Å². The molecule has 23 heavy (non-hydrogen) atoms. The van der Waals surface area contributed by atoms with E-state index in [1.165, 1.54) is 12.1 Å². The molecule has 0 aliphatic heterocycles. The average Bonchev–Trinajstić information content (AvgIpc) is 2.50. The molecule has 1 amide bonds. The van der Waals surface area contributed by atoms with Crippen molar-refractivity contribution in [1.82, 2.24) is 0 Å². The van der Waals surface area contributed by atoms with Crippen LogP contribution in [0.25, 0.3) is 0 Å². The molecule has 0 radical (unpaired) electrons. The molecule has 0 bridgehead atoms. The van der Waals surface area contributed by atoms with Crippen LogP contribution < -0.4 is 5.32 Å². The first-order valence-corrected chi connectivity index (χ1v) is 8.05. The molecule has 0 aromatic heterocycles. The van der Waals surface area contributed by atoms with E-state index >= 15 is 0 Å². The summed E-state index contributed by atoms with van der Waals surface area (Å²) in [5, 5.41) is 11.5. The lowest BCUT2D eigenvalue weighted by Crippen LogP contribution is -2.18. The van der Waals surface area contributed by atoms with Crippen LogP contribution in [0.15, 0.2) is 48.5 Å². The Hall–Kier alpha value is -1.96. The van der Waals surface area contributed by atoms with Gasteiger partial charge in [0, 0.05) is 15.9 Å². The summed E-state index contributed by atoms with van der Waals surface area (Å²) < 4.78 is 14.5. The molecular formula is C17H15FINO3. The molecule has 2 aromatic carbocycles. The number of hydrogen-bond donors (Lipinski definition) is 2. The van der Waals surface area contributed by atoms with Crippen molar-refractivity contribution in [2.24, 2.45) is 0 Å². The van der Waals surface area contributed by atoms with Gasteiger partial charge >= 0.3 is 5.97 Å². The zero-order valence-corrected chi connectivity index (χ0v) is 14.3. The van der Waals surface area contributed by atoms with Gasteiger partial charge in [0.1, 0.15) is 5.82 Å². The Labute approximate surface area is 146 Å². The van der Waals surface area contributed by atoms with E-state index < -0.39 is 23.6 Å². The van der Waals surface area contributed by atoms with Crippen LogP contribution >= 0.6 is 22.6 Å². The van der Waals surface area contributed by atoms with E-state index in [0.717, 1.165) is 9.13 Å². The van der Waals surface area contributed by atoms with E-state index in [9.17, 15) is 14.0 Å². The number of rotatable bonds is 6. The molecule has 1 atom stereocenters. The number of halogens is 2. The summed E-state index contributed by atoms with van der Waals surface area (Å²) in [7, 11) is 0. The van der Waals surface area contributed by atoms with Crippen molar-refractivity contribution >= 4 is 40.2 Å². The Morgan fingerprint density at radius 2 is 1.83 bits per heavy atom. The van der Waals surface area contributed by atoms with Gasteiger partial charge in [0.25, 0.3) is 0 Å². The summed E-state index contributed by atoms with van der Waals surface area (Å²) >= 11 is 1.98. The summed E-state index contributed by atoms with van der Waals surface area (Å²) in [6.45, 7) is 0. The molecule has 0 heterocycles. The Morgan fingerprint density at radius 3 is 2.43 bits per heavy atom. The maximum absolute atomic E-state index is 13.8. The Balaban J connectivity index is 2.09. The van der Waals surface area contributed by atoms with E-state index in [1.807, 2.05) is 28.7 Å². The zero-order chi connectivity index (χ0) is 16.8. The van der Waals surface area contributed by atoms with Crippen LogP contribution in [0.5, 0.6) is 0 Å². The van der Waals surface area contributed by atoms with Crippen molar-refractivity contribution in [2.45, 2.75) is 18.8 Å². The summed E-state index contributed by atoms with van der Waals surface area (Å²) in [4.78, 5) is 23.2.